The summed E-state index contributed by atoms with van der Waals surface area (Å²) in [6.07, 6.45) is 8.30. The normalized spacial score (nSPS) is 20.7. The van der Waals surface area contributed by atoms with Crippen LogP contribution in [0.25, 0.3) is 0 Å². The molecule has 3 rings (SSSR count). The van der Waals surface area contributed by atoms with Crippen LogP contribution >= 0.6 is 0 Å². The first-order valence-electron chi connectivity index (χ1n) is 7.43. The minimum Gasteiger partial charge on any atom is -0.460 e. The van der Waals surface area contributed by atoms with Gasteiger partial charge in [-0.05, 0) is 31.7 Å². The van der Waals surface area contributed by atoms with E-state index in [4.69, 9.17) is 4.74 Å². The molecule has 1 fully saturated rings. The van der Waals surface area contributed by atoms with Crippen LogP contribution in [0.15, 0.2) is 30.9 Å². The first kappa shape index (κ1) is 15.3. The van der Waals surface area contributed by atoms with Crippen molar-refractivity contribution in [3.05, 3.63) is 42.5 Å². The van der Waals surface area contributed by atoms with Gasteiger partial charge in [0.2, 0.25) is 5.82 Å². The maximum atomic E-state index is 12.7. The van der Waals surface area contributed by atoms with Gasteiger partial charge in [0, 0.05) is 18.4 Å². The molecule has 23 heavy (non-hydrogen) atoms. The van der Waals surface area contributed by atoms with Crippen molar-refractivity contribution in [3.63, 3.8) is 0 Å². The number of rotatable bonds is 4. The summed E-state index contributed by atoms with van der Waals surface area (Å²) >= 11 is 0. The molecule has 1 N–H and O–H groups in total. The molecule has 1 amide bonds. The van der Waals surface area contributed by atoms with Gasteiger partial charge in [0.15, 0.2) is 5.82 Å². The van der Waals surface area contributed by atoms with Crippen LogP contribution < -0.4 is 10.1 Å². The maximum Gasteiger partial charge on any atom is 0.316 e. The fourth-order valence-electron chi connectivity index (χ4n) is 2.50. The van der Waals surface area contributed by atoms with Crippen LogP contribution in [0.5, 0.6) is 6.01 Å². The van der Waals surface area contributed by atoms with Gasteiger partial charge in [0.25, 0.3) is 5.91 Å². The molecule has 7 nitrogen and oxygen atoms in total. The summed E-state index contributed by atoms with van der Waals surface area (Å²) in [5.74, 6) is -0.589. The summed E-state index contributed by atoms with van der Waals surface area (Å²) in [5, 5.41) is 2.93. The molecule has 0 aliphatic heterocycles. The molecule has 0 spiro atoms. The monoisotopic (exact) mass is 317 g/mol. The Morgan fingerprint density at radius 1 is 1.09 bits per heavy atom. The molecule has 1 aliphatic carbocycles. The third-order valence-corrected chi connectivity index (χ3v) is 3.65. The van der Waals surface area contributed by atoms with Gasteiger partial charge in [-0.15, -0.1) is 0 Å². The Hall–Kier alpha value is -2.64. The van der Waals surface area contributed by atoms with Crippen LogP contribution in [-0.2, 0) is 0 Å². The fourth-order valence-corrected chi connectivity index (χ4v) is 2.50. The summed E-state index contributed by atoms with van der Waals surface area (Å²) in [5.41, 5.74) is 0. The van der Waals surface area contributed by atoms with E-state index in [0.29, 0.717) is 0 Å². The number of carbonyl (C=O) groups is 1. The van der Waals surface area contributed by atoms with E-state index in [1.807, 2.05) is 0 Å². The smallest absolute Gasteiger partial charge is 0.316 e. The van der Waals surface area contributed by atoms with Gasteiger partial charge in [-0.3, -0.25) is 4.79 Å². The van der Waals surface area contributed by atoms with E-state index < -0.39 is 5.82 Å². The highest BCUT2D eigenvalue weighted by atomic mass is 19.1. The van der Waals surface area contributed by atoms with Gasteiger partial charge in [0.05, 0.1) is 12.4 Å². The predicted octanol–water partition coefficient (Wildman–Crippen LogP) is 1.53. The summed E-state index contributed by atoms with van der Waals surface area (Å²) in [6.45, 7) is 0. The fraction of sp³-hybridized carbons (Fsp3) is 0.400. The zero-order chi connectivity index (χ0) is 16.1. The molecule has 0 atom stereocenters. The summed E-state index contributed by atoms with van der Waals surface area (Å²) < 4.78 is 18.4. The molecular weight excluding hydrogens is 301 g/mol. The third-order valence-electron chi connectivity index (χ3n) is 3.65. The lowest BCUT2D eigenvalue weighted by Gasteiger charge is -2.28. The van der Waals surface area contributed by atoms with Crippen molar-refractivity contribution in [1.29, 1.82) is 0 Å². The molecule has 0 unspecified atom stereocenters. The van der Waals surface area contributed by atoms with Crippen LogP contribution in [0.4, 0.5) is 4.39 Å². The summed E-state index contributed by atoms with van der Waals surface area (Å²) in [7, 11) is 0. The molecular formula is C15H16FN5O2. The van der Waals surface area contributed by atoms with Gasteiger partial charge in [0.1, 0.15) is 6.10 Å². The molecule has 0 radical (unpaired) electrons. The summed E-state index contributed by atoms with van der Waals surface area (Å²) in [4.78, 5) is 27.4. The van der Waals surface area contributed by atoms with E-state index in [-0.39, 0.29) is 29.9 Å². The number of amides is 1. The number of carbonyl (C=O) groups excluding carboxylic acids is 1. The molecule has 120 valence electrons. The lowest BCUT2D eigenvalue weighted by Crippen LogP contribution is -2.40. The standard InChI is InChI=1S/C15H16FN5O2/c16-10-8-19-15(20-9-10)23-12-4-2-11(3-5-12)21-14(22)13-17-6-1-7-18-13/h1,6-9,11-12H,2-5H2,(H,21,22). The van der Waals surface area contributed by atoms with Gasteiger partial charge in [-0.2, -0.15) is 0 Å². The number of aromatic nitrogens is 4. The topological polar surface area (TPSA) is 89.9 Å². The highest BCUT2D eigenvalue weighted by molar-refractivity contribution is 5.90. The maximum absolute atomic E-state index is 12.7. The number of hydrogen-bond acceptors (Lipinski definition) is 6. The van der Waals surface area contributed by atoms with Gasteiger partial charge >= 0.3 is 6.01 Å². The van der Waals surface area contributed by atoms with E-state index in [0.717, 1.165) is 38.1 Å². The second kappa shape index (κ2) is 7.08. The largest absolute Gasteiger partial charge is 0.460 e. The van der Waals surface area contributed by atoms with Crippen molar-refractivity contribution in [2.75, 3.05) is 0 Å². The quantitative estimate of drug-likeness (QED) is 0.919. The third kappa shape index (κ3) is 4.18. The van der Waals surface area contributed by atoms with Crippen molar-refractivity contribution >= 4 is 5.91 Å². The van der Waals surface area contributed by atoms with Crippen LogP contribution in [0.2, 0.25) is 0 Å². The second-order valence-corrected chi connectivity index (χ2v) is 5.32. The lowest BCUT2D eigenvalue weighted by atomic mass is 9.93. The Balaban J connectivity index is 1.47. The lowest BCUT2D eigenvalue weighted by molar-refractivity contribution is 0.0875. The molecule has 0 bridgehead atoms. The van der Waals surface area contributed by atoms with E-state index >= 15 is 0 Å². The van der Waals surface area contributed by atoms with E-state index in [1.165, 1.54) is 12.4 Å². The average molecular weight is 317 g/mol. The van der Waals surface area contributed by atoms with Gasteiger partial charge in [-0.25, -0.2) is 24.3 Å². The number of nitrogens with one attached hydrogen (secondary N) is 1. The number of ether oxygens (including phenoxy) is 1. The second-order valence-electron chi connectivity index (χ2n) is 5.32. The zero-order valence-electron chi connectivity index (χ0n) is 12.4. The van der Waals surface area contributed by atoms with Crippen molar-refractivity contribution < 1.29 is 13.9 Å². The molecule has 0 saturated heterocycles. The molecule has 1 saturated carbocycles. The zero-order valence-corrected chi connectivity index (χ0v) is 12.4. The van der Waals surface area contributed by atoms with Crippen LogP contribution in [0, 0.1) is 5.82 Å². The predicted molar refractivity (Wildman–Crippen MR) is 78.2 cm³/mol. The van der Waals surface area contributed by atoms with Gasteiger partial charge < -0.3 is 10.1 Å². The van der Waals surface area contributed by atoms with Crippen molar-refractivity contribution in [3.8, 4) is 6.01 Å². The van der Waals surface area contributed by atoms with Crippen LogP contribution in [0.1, 0.15) is 36.3 Å². The Kier molecular flexibility index (Phi) is 4.70. The minimum absolute atomic E-state index is 0.0263. The van der Waals surface area contributed by atoms with Gasteiger partial charge in [-0.1, -0.05) is 0 Å². The number of nitrogens with zero attached hydrogens (tertiary/aromatic N) is 4. The van der Waals surface area contributed by atoms with Crippen molar-refractivity contribution in [2.45, 2.75) is 37.8 Å². The van der Waals surface area contributed by atoms with Crippen LogP contribution in [-0.4, -0.2) is 38.0 Å². The van der Waals surface area contributed by atoms with Crippen molar-refractivity contribution in [1.82, 2.24) is 25.3 Å². The number of hydrogen-bond donors (Lipinski definition) is 1. The Morgan fingerprint density at radius 3 is 2.39 bits per heavy atom. The number of halogens is 1. The highest BCUT2D eigenvalue weighted by Crippen LogP contribution is 2.22. The SMILES string of the molecule is O=C(NC1CCC(Oc2ncc(F)cn2)CC1)c1ncccn1. The molecule has 2 heterocycles. The first-order chi connectivity index (χ1) is 11.2. The van der Waals surface area contributed by atoms with E-state index in [2.05, 4.69) is 25.3 Å². The van der Waals surface area contributed by atoms with E-state index in [9.17, 15) is 9.18 Å². The minimum atomic E-state index is -0.494. The van der Waals surface area contributed by atoms with Crippen LogP contribution in [0.3, 0.4) is 0 Å². The van der Waals surface area contributed by atoms with Crippen molar-refractivity contribution in [2.24, 2.45) is 0 Å². The molecule has 2 aromatic heterocycles. The average Bonchev–Trinajstić information content (AvgIpc) is 2.59. The molecule has 8 heteroatoms. The Bertz CT molecular complexity index is 645. The molecule has 2 aromatic rings. The Morgan fingerprint density at radius 2 is 1.74 bits per heavy atom. The summed E-state index contributed by atoms with van der Waals surface area (Å²) in [6, 6.07) is 1.91. The van der Waals surface area contributed by atoms with E-state index in [1.54, 1.807) is 6.07 Å². The Labute approximate surface area is 132 Å². The highest BCUT2D eigenvalue weighted by Gasteiger charge is 2.25. The molecule has 0 aromatic carbocycles. The molecule has 1 aliphatic rings. The first-order valence-corrected chi connectivity index (χ1v) is 7.43.